The largest absolute Gasteiger partial charge is 0.463 e. The summed E-state index contributed by atoms with van der Waals surface area (Å²) >= 11 is 19.3. The zero-order chi connectivity index (χ0) is 95.9. The van der Waals surface area contributed by atoms with E-state index in [9.17, 15) is 56.5 Å². The smallest absolute Gasteiger partial charge is 0.338 e. The molecule has 718 valence electrons. The van der Waals surface area contributed by atoms with Crippen LogP contribution in [0.1, 0.15) is 101 Å². The highest BCUT2D eigenvalue weighted by Crippen LogP contribution is 2.43. The Morgan fingerprint density at radius 2 is 0.815 bits per heavy atom. The molecule has 0 spiro atoms. The number of rotatable bonds is 29. The van der Waals surface area contributed by atoms with Gasteiger partial charge in [-0.3, -0.25) is 49.2 Å². The van der Waals surface area contributed by atoms with E-state index in [1.165, 1.54) is 93.9 Å². The van der Waals surface area contributed by atoms with E-state index in [-0.39, 0.29) is 88.7 Å². The van der Waals surface area contributed by atoms with Crippen molar-refractivity contribution in [1.29, 1.82) is 0 Å². The number of hydrogen-bond acceptors (Lipinski definition) is 37. The van der Waals surface area contributed by atoms with Crippen LogP contribution in [-0.4, -0.2) is 278 Å². The lowest BCUT2D eigenvalue weighted by molar-refractivity contribution is -0.178. The predicted molar refractivity (Wildman–Crippen MR) is 509 cm³/mol. The van der Waals surface area contributed by atoms with Crippen molar-refractivity contribution < 1.29 is 99.2 Å². The molecule has 34 nitrogen and oxygen atoms in total. The number of amidine groups is 4. The third-order valence-electron chi connectivity index (χ3n) is 21.8. The van der Waals surface area contributed by atoms with Crippen molar-refractivity contribution in [3.05, 3.63) is 248 Å². The van der Waals surface area contributed by atoms with Gasteiger partial charge in [0, 0.05) is 146 Å². The zero-order valence-corrected chi connectivity index (χ0v) is 82.9. The lowest BCUT2D eigenvalue weighted by atomic mass is 9.95. The molecule has 9 unspecified atom stereocenters. The Morgan fingerprint density at radius 1 is 0.474 bits per heavy atom. The van der Waals surface area contributed by atoms with Crippen LogP contribution in [0.25, 0.3) is 0 Å². The first-order chi connectivity index (χ1) is 65.3. The van der Waals surface area contributed by atoms with Crippen molar-refractivity contribution in [3.8, 4) is 0 Å². The first kappa shape index (κ1) is 103. The van der Waals surface area contributed by atoms with E-state index >= 15 is 0 Å². The van der Waals surface area contributed by atoms with Gasteiger partial charge in [0.1, 0.15) is 59.6 Å². The van der Waals surface area contributed by atoms with Gasteiger partial charge in [-0.25, -0.2) is 56.7 Å². The molecule has 4 fully saturated rings. The second-order valence-corrected chi connectivity index (χ2v) is 37.4. The maximum atomic E-state index is 13.9. The molecule has 12 heterocycles. The molecular formula is C89H95Br4F4N17O17S4. The molecule has 0 radical (unpaired) electrons. The van der Waals surface area contributed by atoms with Crippen molar-refractivity contribution in [2.45, 2.75) is 89.3 Å². The summed E-state index contributed by atoms with van der Waals surface area (Å²) in [7, 11) is 0. The van der Waals surface area contributed by atoms with Gasteiger partial charge in [0.25, 0.3) is 6.47 Å². The van der Waals surface area contributed by atoms with Crippen molar-refractivity contribution >= 4 is 169 Å². The number of nitrogens with zero attached hydrogens (tertiary/aromatic N) is 12. The van der Waals surface area contributed by atoms with Crippen LogP contribution in [0.15, 0.2) is 202 Å². The fraction of sp³-hybridized carbons (Fsp3) is 0.393. The number of carbonyl (C=O) groups is 6. The van der Waals surface area contributed by atoms with Crippen molar-refractivity contribution in [2.75, 3.05) is 138 Å². The summed E-state index contributed by atoms with van der Waals surface area (Å²) < 4.78 is 106. The molecule has 4 aromatic heterocycles. The lowest BCUT2D eigenvalue weighted by Gasteiger charge is -2.39. The fourth-order valence-electron chi connectivity index (χ4n) is 15.6. The Hall–Kier alpha value is -9.70. The number of aliphatic imine (C=N–C) groups is 4. The molecule has 4 saturated heterocycles. The SMILES string of the molecule is CCOC(=O)C1=C(CN2CCOC(C)C2OC=O)NC(c2nccs2)=NC1c1ccc(F)cc1Br.CCOC(=O)C1=C(CN2CCOC(CO)C2)NC(c2nccs2)=NC1c1ccc(F)cc1Br.CCOC(=O)C1=C(CN2CCOCC2C(N)=O)NC(c2nccs2)=NC1c1ccc(F)cc1Br.CCOC(=O)C1=C(CN2CCOCC2CO)NC(c2nccs2)=NC1c1ccc(F)cc1Br. The monoisotopic (exact) mass is 2190 g/mol. The molecule has 0 aliphatic carbocycles. The third kappa shape index (κ3) is 26.0. The number of thiazole rings is 4. The summed E-state index contributed by atoms with van der Waals surface area (Å²) in [6.45, 7) is 16.0. The topological polar surface area (TPSA) is 414 Å². The third-order valence-corrected chi connectivity index (χ3v) is 27.7. The van der Waals surface area contributed by atoms with Crippen molar-refractivity contribution in [2.24, 2.45) is 25.7 Å². The molecule has 0 saturated carbocycles. The number of benzene rings is 4. The van der Waals surface area contributed by atoms with Crippen LogP contribution in [0.2, 0.25) is 0 Å². The number of carbonyl (C=O) groups excluding carboxylic acids is 6. The van der Waals surface area contributed by atoms with Gasteiger partial charge in [-0.1, -0.05) is 88.0 Å². The molecule has 0 bridgehead atoms. The van der Waals surface area contributed by atoms with Crippen LogP contribution in [-0.2, 0) is 71.4 Å². The molecule has 135 heavy (non-hydrogen) atoms. The summed E-state index contributed by atoms with van der Waals surface area (Å²) in [6.07, 6.45) is 5.39. The standard InChI is InChI=1S/C23H24BrFN4O5S.C22H23BrFN5O4S.2C22H24BrFN4O4S/c1-3-32-23(31)18-17(11-29-7-8-33-13(2)22(29)34-12-30)27-20(21-26-6-9-35-21)28-19(18)15-5-4-14(25)10-16(15)24;1-2-33-22(31)17-15(10-29-6-7-32-11-16(29)19(25)30)27-20(21-26-5-8-34-21)28-18(17)13-4-3-12(24)9-14(13)23;1-2-32-22(30)18-17(10-28-6-7-31-12-14(28)11-29)26-20(21-25-5-8-33-21)27-19(18)15-4-3-13(24)9-16(15)23;1-2-31-22(30)18-17(11-28-6-7-32-14(10-28)12-29)26-20(21-25-5-8-33-21)27-19(18)15-4-3-13(24)9-16(15)23/h4-6,9-10,12-13,19,22H,3,7-8,11H2,1-2H3,(H,27,28);3-5,8-9,16,18H,2,6-7,10-11H2,1H3,(H2,25,30)(H,27,28);2*3-5,8-9,14,19,29H,2,6-7,10-12H2,1H3,(H,26,27). The average molecular weight is 2200 g/mol. The lowest BCUT2D eigenvalue weighted by Crippen LogP contribution is -2.54. The van der Waals surface area contributed by atoms with Gasteiger partial charge in [0.05, 0.1) is 114 Å². The average Bonchev–Trinajstić information content (AvgIpc) is 1.27. The molecule has 1 amide bonds. The molecular weight excluding hydrogens is 2100 g/mol. The summed E-state index contributed by atoms with van der Waals surface area (Å²) in [5.41, 5.74) is 11.6. The minimum atomic E-state index is -0.794. The number of ether oxygens (including phenoxy) is 9. The number of halogens is 8. The number of amides is 1. The summed E-state index contributed by atoms with van der Waals surface area (Å²) in [6, 6.07) is 13.2. The van der Waals surface area contributed by atoms with E-state index < -0.39 is 89.5 Å². The number of morpholine rings is 4. The number of nitrogens with one attached hydrogen (secondary N) is 4. The first-order valence-electron chi connectivity index (χ1n) is 42.6. The van der Waals surface area contributed by atoms with Gasteiger partial charge in [-0.2, -0.15) is 0 Å². The van der Waals surface area contributed by atoms with Gasteiger partial charge in [0.2, 0.25) is 5.91 Å². The highest BCUT2D eigenvalue weighted by Gasteiger charge is 2.43. The number of nitrogens with two attached hydrogens (primary N) is 1. The summed E-state index contributed by atoms with van der Waals surface area (Å²) in [4.78, 5) is 121. The maximum Gasteiger partial charge on any atom is 0.338 e. The van der Waals surface area contributed by atoms with Gasteiger partial charge < -0.3 is 79.8 Å². The highest BCUT2D eigenvalue weighted by molar-refractivity contribution is 9.11. The summed E-state index contributed by atoms with van der Waals surface area (Å²) in [5.74, 6) is -2.27. The second-order valence-electron chi connectivity index (χ2n) is 30.4. The Morgan fingerprint density at radius 3 is 1.15 bits per heavy atom. The zero-order valence-electron chi connectivity index (χ0n) is 73.3. The maximum absolute atomic E-state index is 13.9. The van der Waals surface area contributed by atoms with E-state index in [0.29, 0.717) is 203 Å². The molecule has 8 aliphatic rings. The normalized spacial score (nSPS) is 21.8. The molecule has 8 aromatic rings. The number of aliphatic hydroxyl groups is 2. The van der Waals surface area contributed by atoms with Crippen molar-refractivity contribution in [3.63, 3.8) is 0 Å². The molecule has 8 N–H and O–H groups in total. The minimum Gasteiger partial charge on any atom is -0.463 e. The Labute approximate surface area is 823 Å². The molecule has 4 aromatic carbocycles. The van der Waals surface area contributed by atoms with Crippen LogP contribution >= 0.6 is 109 Å². The Balaban J connectivity index is 0.000000152. The van der Waals surface area contributed by atoms with Crippen molar-refractivity contribution in [1.82, 2.24) is 60.8 Å². The quantitative estimate of drug-likeness (QED) is 0.00991. The van der Waals surface area contributed by atoms with Gasteiger partial charge in [-0.15, -0.1) is 45.3 Å². The number of aromatic nitrogens is 4. The van der Waals surface area contributed by atoms with E-state index in [0.717, 1.165) is 0 Å². The van der Waals surface area contributed by atoms with E-state index in [1.54, 1.807) is 76.7 Å². The number of aliphatic hydroxyl groups excluding tert-OH is 2. The van der Waals surface area contributed by atoms with E-state index in [2.05, 4.69) is 115 Å². The van der Waals surface area contributed by atoms with E-state index in [4.69, 9.17) is 68.3 Å². The van der Waals surface area contributed by atoms with Gasteiger partial charge in [-0.05, 0) is 105 Å². The van der Waals surface area contributed by atoms with Crippen LogP contribution in [0.3, 0.4) is 0 Å². The van der Waals surface area contributed by atoms with Crippen LogP contribution in [0, 0.1) is 23.3 Å². The summed E-state index contributed by atoms with van der Waals surface area (Å²) in [5, 5.41) is 42.4. The first-order valence-corrected chi connectivity index (χ1v) is 49.3. The van der Waals surface area contributed by atoms with Crippen LogP contribution in [0.5, 0.6) is 0 Å². The highest BCUT2D eigenvalue weighted by atomic mass is 79.9. The van der Waals surface area contributed by atoms with Gasteiger partial charge >= 0.3 is 23.9 Å². The Kier molecular flexibility index (Phi) is 37.7. The van der Waals surface area contributed by atoms with Crippen LogP contribution in [0.4, 0.5) is 17.6 Å². The number of hydrogen-bond donors (Lipinski definition) is 7. The molecule has 8 aliphatic heterocycles. The van der Waals surface area contributed by atoms with E-state index in [1.807, 2.05) is 38.2 Å². The number of esters is 4. The molecule has 46 heteroatoms. The Bertz CT molecular complexity index is 5790. The molecule has 16 rings (SSSR count). The van der Waals surface area contributed by atoms with Gasteiger partial charge in [0.15, 0.2) is 49.6 Å². The second kappa shape index (κ2) is 49.5. The minimum absolute atomic E-state index is 0.0671. The predicted octanol–water partition coefficient (Wildman–Crippen LogP) is 10.6. The van der Waals surface area contributed by atoms with Crippen LogP contribution < -0.4 is 27.0 Å². The molecule has 9 atom stereocenters. The number of primary amides is 1. The fourth-order valence-corrected chi connectivity index (χ4v) is 20.2.